The van der Waals surface area contributed by atoms with Crippen LogP contribution < -0.4 is 5.32 Å². The molecule has 3 rings (SSSR count). The van der Waals surface area contributed by atoms with Crippen molar-refractivity contribution in [1.82, 2.24) is 15.2 Å². The molecule has 6 heteroatoms. The Labute approximate surface area is 140 Å². The van der Waals surface area contributed by atoms with E-state index in [4.69, 9.17) is 11.6 Å². The summed E-state index contributed by atoms with van der Waals surface area (Å²) in [4.78, 5) is 29.8. The topological polar surface area (TPSA) is 65.2 Å². The molecule has 2 N–H and O–H groups in total. The van der Waals surface area contributed by atoms with Crippen LogP contribution in [0.1, 0.15) is 37.2 Å². The van der Waals surface area contributed by atoms with Gasteiger partial charge in [0.2, 0.25) is 5.91 Å². The number of aromatic amines is 1. The van der Waals surface area contributed by atoms with Crippen molar-refractivity contribution < 1.29 is 9.59 Å². The van der Waals surface area contributed by atoms with Gasteiger partial charge < -0.3 is 15.2 Å². The molecule has 0 spiro atoms. The highest BCUT2D eigenvalue weighted by Gasteiger charge is 2.35. The van der Waals surface area contributed by atoms with Gasteiger partial charge in [0, 0.05) is 28.5 Å². The van der Waals surface area contributed by atoms with Gasteiger partial charge in [0.1, 0.15) is 11.7 Å². The number of H-pyrrole nitrogens is 1. The molecule has 23 heavy (non-hydrogen) atoms. The Morgan fingerprint density at radius 3 is 2.87 bits per heavy atom. The van der Waals surface area contributed by atoms with Crippen molar-refractivity contribution in [3.8, 4) is 0 Å². The number of benzene rings is 1. The maximum Gasteiger partial charge on any atom is 0.270 e. The minimum absolute atomic E-state index is 0.0651. The van der Waals surface area contributed by atoms with Gasteiger partial charge in [-0.15, -0.1) is 0 Å². The Balaban J connectivity index is 1.84. The standard InChI is InChI=1S/C17H20ClN3O2/c1-10(2)19-16(22)15-4-3-7-21(15)17(23)14-9-11-8-12(18)5-6-13(11)20-14/h5-6,8-10,15,20H,3-4,7H2,1-2H3,(H,19,22)/t15-/m0/s1. The molecular formula is C17H20ClN3O2. The van der Waals surface area contributed by atoms with Gasteiger partial charge in [-0.2, -0.15) is 0 Å². The molecule has 2 amide bonds. The van der Waals surface area contributed by atoms with Crippen molar-refractivity contribution in [1.29, 1.82) is 0 Å². The highest BCUT2D eigenvalue weighted by Crippen LogP contribution is 2.24. The summed E-state index contributed by atoms with van der Waals surface area (Å²) in [7, 11) is 0. The second kappa shape index (κ2) is 6.24. The molecule has 1 aromatic heterocycles. The average molecular weight is 334 g/mol. The Hall–Kier alpha value is -2.01. The average Bonchev–Trinajstić information content (AvgIpc) is 3.11. The van der Waals surface area contributed by atoms with E-state index >= 15 is 0 Å². The quantitative estimate of drug-likeness (QED) is 0.907. The van der Waals surface area contributed by atoms with Crippen molar-refractivity contribution in [2.75, 3.05) is 6.54 Å². The van der Waals surface area contributed by atoms with Crippen molar-refractivity contribution in [3.63, 3.8) is 0 Å². The number of aromatic nitrogens is 1. The molecule has 1 fully saturated rings. The van der Waals surface area contributed by atoms with Crippen LogP contribution in [0.5, 0.6) is 0 Å². The minimum Gasteiger partial charge on any atom is -0.352 e. The van der Waals surface area contributed by atoms with E-state index in [0.29, 0.717) is 23.7 Å². The molecule has 1 saturated heterocycles. The summed E-state index contributed by atoms with van der Waals surface area (Å²) in [6, 6.07) is 6.91. The van der Waals surface area contributed by atoms with Crippen molar-refractivity contribution >= 4 is 34.3 Å². The number of fused-ring (bicyclic) bond motifs is 1. The fourth-order valence-electron chi connectivity index (χ4n) is 3.04. The van der Waals surface area contributed by atoms with E-state index in [1.807, 2.05) is 26.0 Å². The lowest BCUT2D eigenvalue weighted by molar-refractivity contribution is -0.125. The van der Waals surface area contributed by atoms with Crippen LogP contribution in [0.2, 0.25) is 5.02 Å². The molecule has 2 heterocycles. The molecule has 2 aromatic rings. The third-order valence-electron chi connectivity index (χ3n) is 4.06. The number of carbonyl (C=O) groups is 2. The van der Waals surface area contributed by atoms with Crippen molar-refractivity contribution in [2.24, 2.45) is 0 Å². The van der Waals surface area contributed by atoms with E-state index in [0.717, 1.165) is 17.3 Å². The molecule has 0 aliphatic carbocycles. The molecule has 0 unspecified atom stereocenters. The lowest BCUT2D eigenvalue weighted by Gasteiger charge is -2.24. The Morgan fingerprint density at radius 1 is 1.35 bits per heavy atom. The van der Waals surface area contributed by atoms with E-state index in [9.17, 15) is 9.59 Å². The first-order chi connectivity index (χ1) is 11.0. The first kappa shape index (κ1) is 15.9. The lowest BCUT2D eigenvalue weighted by atomic mass is 10.2. The van der Waals surface area contributed by atoms with Crippen LogP contribution in [-0.4, -0.2) is 40.3 Å². The van der Waals surface area contributed by atoms with Gasteiger partial charge in [0.05, 0.1) is 0 Å². The second-order valence-corrected chi connectivity index (χ2v) is 6.67. The second-order valence-electron chi connectivity index (χ2n) is 6.23. The Bertz CT molecular complexity index is 753. The van der Waals surface area contributed by atoms with E-state index in [1.54, 1.807) is 17.0 Å². The molecule has 1 aliphatic heterocycles. The number of hydrogen-bond acceptors (Lipinski definition) is 2. The number of amides is 2. The zero-order chi connectivity index (χ0) is 16.6. The van der Waals surface area contributed by atoms with Gasteiger partial charge in [0.25, 0.3) is 5.91 Å². The van der Waals surface area contributed by atoms with Crippen LogP contribution in [0.15, 0.2) is 24.3 Å². The fourth-order valence-corrected chi connectivity index (χ4v) is 3.22. The zero-order valence-corrected chi connectivity index (χ0v) is 14.0. The summed E-state index contributed by atoms with van der Waals surface area (Å²) >= 11 is 5.99. The number of rotatable bonds is 3. The van der Waals surface area contributed by atoms with E-state index in [1.165, 1.54) is 0 Å². The normalized spacial score (nSPS) is 17.9. The predicted molar refractivity (Wildman–Crippen MR) is 90.6 cm³/mol. The summed E-state index contributed by atoms with van der Waals surface area (Å²) in [5, 5.41) is 4.42. The number of nitrogens with zero attached hydrogens (tertiary/aromatic N) is 1. The predicted octanol–water partition coefficient (Wildman–Crippen LogP) is 2.95. The first-order valence-corrected chi connectivity index (χ1v) is 8.23. The molecular weight excluding hydrogens is 314 g/mol. The van der Waals surface area contributed by atoms with Crippen LogP contribution >= 0.6 is 11.6 Å². The number of likely N-dealkylation sites (tertiary alicyclic amines) is 1. The van der Waals surface area contributed by atoms with Crippen molar-refractivity contribution in [3.05, 3.63) is 35.0 Å². The SMILES string of the molecule is CC(C)NC(=O)[C@@H]1CCCN1C(=O)c1cc2cc(Cl)ccc2[nH]1. The largest absolute Gasteiger partial charge is 0.352 e. The number of halogens is 1. The third kappa shape index (κ3) is 3.20. The monoisotopic (exact) mass is 333 g/mol. The van der Waals surface area contributed by atoms with Crippen LogP contribution in [-0.2, 0) is 4.79 Å². The molecule has 122 valence electrons. The summed E-state index contributed by atoms with van der Waals surface area (Å²) in [6.45, 7) is 4.44. The highest BCUT2D eigenvalue weighted by molar-refractivity contribution is 6.31. The maximum absolute atomic E-state index is 12.8. The van der Waals surface area contributed by atoms with Gasteiger partial charge >= 0.3 is 0 Å². The lowest BCUT2D eigenvalue weighted by Crippen LogP contribution is -2.47. The van der Waals surface area contributed by atoms with Gasteiger partial charge in [0.15, 0.2) is 0 Å². The third-order valence-corrected chi connectivity index (χ3v) is 4.30. The summed E-state index contributed by atoms with van der Waals surface area (Å²) in [6.07, 6.45) is 1.55. The van der Waals surface area contributed by atoms with Gasteiger partial charge in [-0.25, -0.2) is 0 Å². The molecule has 1 atom stereocenters. The molecule has 0 saturated carbocycles. The van der Waals surface area contributed by atoms with E-state index in [2.05, 4.69) is 10.3 Å². The van der Waals surface area contributed by atoms with E-state index < -0.39 is 0 Å². The number of carbonyl (C=O) groups excluding carboxylic acids is 2. The van der Waals surface area contributed by atoms with E-state index in [-0.39, 0.29) is 23.9 Å². The van der Waals surface area contributed by atoms with Crippen LogP contribution in [0.25, 0.3) is 10.9 Å². The summed E-state index contributed by atoms with van der Waals surface area (Å²) in [5.41, 5.74) is 1.35. The van der Waals surface area contributed by atoms with Crippen LogP contribution in [0, 0.1) is 0 Å². The Morgan fingerprint density at radius 2 is 2.13 bits per heavy atom. The highest BCUT2D eigenvalue weighted by atomic mass is 35.5. The summed E-state index contributed by atoms with van der Waals surface area (Å²) in [5.74, 6) is -0.219. The van der Waals surface area contributed by atoms with Gasteiger partial charge in [-0.3, -0.25) is 9.59 Å². The number of nitrogens with one attached hydrogen (secondary N) is 2. The smallest absolute Gasteiger partial charge is 0.270 e. The van der Waals surface area contributed by atoms with Gasteiger partial charge in [-0.05, 0) is 51.0 Å². The molecule has 1 aromatic carbocycles. The van der Waals surface area contributed by atoms with Crippen molar-refractivity contribution in [2.45, 2.75) is 38.8 Å². The zero-order valence-electron chi connectivity index (χ0n) is 13.2. The van der Waals surface area contributed by atoms with Gasteiger partial charge in [-0.1, -0.05) is 11.6 Å². The van der Waals surface area contributed by atoms with Crippen LogP contribution in [0.3, 0.4) is 0 Å². The molecule has 0 bridgehead atoms. The van der Waals surface area contributed by atoms with Crippen LogP contribution in [0.4, 0.5) is 0 Å². The molecule has 5 nitrogen and oxygen atoms in total. The summed E-state index contributed by atoms with van der Waals surface area (Å²) < 4.78 is 0. The minimum atomic E-state index is -0.389. The number of hydrogen-bond donors (Lipinski definition) is 2. The molecule has 1 aliphatic rings. The fraction of sp³-hybridized carbons (Fsp3) is 0.412. The maximum atomic E-state index is 12.8. The Kier molecular flexibility index (Phi) is 4.31. The molecule has 0 radical (unpaired) electrons. The first-order valence-electron chi connectivity index (χ1n) is 7.85.